The predicted molar refractivity (Wildman–Crippen MR) is 72.1 cm³/mol. The molecule has 0 saturated heterocycles. The molecule has 1 aromatic heterocycles. The minimum absolute atomic E-state index is 0.142. The maximum atomic E-state index is 12.4. The molecule has 20 heavy (non-hydrogen) atoms. The summed E-state index contributed by atoms with van der Waals surface area (Å²) in [5.74, 6) is -0.729. The van der Waals surface area contributed by atoms with Crippen molar-refractivity contribution in [3.05, 3.63) is 24.2 Å². The first-order valence-corrected chi connectivity index (χ1v) is 6.76. The first-order valence-electron chi connectivity index (χ1n) is 6.76. The molecule has 1 aliphatic carbocycles. The number of hydrogen-bond acceptors (Lipinski definition) is 3. The zero-order valence-corrected chi connectivity index (χ0v) is 11.8. The molecule has 2 rings (SSSR count). The molecule has 0 radical (unpaired) electrons. The van der Waals surface area contributed by atoms with Gasteiger partial charge < -0.3 is 19.3 Å². The Bertz CT molecular complexity index is 468. The van der Waals surface area contributed by atoms with Crippen molar-refractivity contribution < 1.29 is 19.1 Å². The Hall–Kier alpha value is -1.98. The van der Waals surface area contributed by atoms with Gasteiger partial charge in [0.05, 0.1) is 18.7 Å². The summed E-state index contributed by atoms with van der Waals surface area (Å²) in [6, 6.07) is 3.73. The topological polar surface area (TPSA) is 74.0 Å². The second-order valence-corrected chi connectivity index (χ2v) is 5.34. The summed E-state index contributed by atoms with van der Waals surface area (Å²) in [5, 5.41) is 8.91. The van der Waals surface area contributed by atoms with E-state index in [1.54, 1.807) is 31.2 Å². The quantitative estimate of drug-likeness (QED) is 0.865. The molecule has 0 aromatic carbocycles. The molecule has 6 heteroatoms. The summed E-state index contributed by atoms with van der Waals surface area (Å²) in [6.45, 7) is 2.23. The maximum absolute atomic E-state index is 12.4. The van der Waals surface area contributed by atoms with Crippen molar-refractivity contribution in [1.29, 1.82) is 0 Å². The van der Waals surface area contributed by atoms with Crippen LogP contribution in [-0.2, 0) is 11.3 Å². The van der Waals surface area contributed by atoms with Crippen LogP contribution in [0.15, 0.2) is 22.8 Å². The number of aliphatic carboxylic acids is 1. The van der Waals surface area contributed by atoms with Gasteiger partial charge in [0.15, 0.2) is 0 Å². The summed E-state index contributed by atoms with van der Waals surface area (Å²) in [7, 11) is 1.64. The van der Waals surface area contributed by atoms with E-state index in [1.807, 2.05) is 6.07 Å². The van der Waals surface area contributed by atoms with Crippen LogP contribution in [0.4, 0.5) is 4.79 Å². The second kappa shape index (κ2) is 5.98. The normalized spacial score (nSPS) is 15.7. The number of nitrogens with zero attached hydrogens (tertiary/aromatic N) is 2. The number of carbonyl (C=O) groups excluding carboxylic acids is 1. The zero-order valence-electron chi connectivity index (χ0n) is 11.8. The molecule has 1 fully saturated rings. The summed E-state index contributed by atoms with van der Waals surface area (Å²) in [4.78, 5) is 26.5. The van der Waals surface area contributed by atoms with E-state index in [9.17, 15) is 9.59 Å². The lowest BCUT2D eigenvalue weighted by Gasteiger charge is -2.28. The van der Waals surface area contributed by atoms with Gasteiger partial charge in [-0.1, -0.05) is 6.92 Å². The van der Waals surface area contributed by atoms with Gasteiger partial charge in [-0.25, -0.2) is 4.79 Å². The van der Waals surface area contributed by atoms with Crippen molar-refractivity contribution in [3.8, 4) is 0 Å². The highest BCUT2D eigenvalue weighted by Crippen LogP contribution is 2.29. The Kier molecular flexibility index (Phi) is 4.32. The lowest BCUT2D eigenvalue weighted by atomic mass is 10.2. The van der Waals surface area contributed by atoms with E-state index >= 15 is 0 Å². The first kappa shape index (κ1) is 14.4. The Balaban J connectivity index is 1.98. The van der Waals surface area contributed by atoms with Gasteiger partial charge in [-0.3, -0.25) is 4.79 Å². The van der Waals surface area contributed by atoms with Crippen LogP contribution in [-0.4, -0.2) is 46.5 Å². The molecule has 1 aliphatic rings. The summed E-state index contributed by atoms with van der Waals surface area (Å²) in [6.07, 6.45) is 3.57. The Morgan fingerprint density at radius 3 is 2.70 bits per heavy atom. The van der Waals surface area contributed by atoms with Crippen LogP contribution in [0.5, 0.6) is 0 Å². The zero-order chi connectivity index (χ0) is 14.7. The van der Waals surface area contributed by atoms with Crippen LogP contribution < -0.4 is 0 Å². The van der Waals surface area contributed by atoms with Gasteiger partial charge in [0.2, 0.25) is 0 Å². The molecule has 1 atom stereocenters. The SMILES string of the molecule is CC(CN(C)C(=O)N(Cc1ccco1)C1CC1)C(=O)O. The van der Waals surface area contributed by atoms with Gasteiger partial charge in [0.1, 0.15) is 5.76 Å². The Morgan fingerprint density at radius 1 is 1.50 bits per heavy atom. The second-order valence-electron chi connectivity index (χ2n) is 5.34. The summed E-state index contributed by atoms with van der Waals surface area (Å²) in [5.41, 5.74) is 0. The molecule has 2 amide bonds. The third-order valence-corrected chi connectivity index (χ3v) is 3.44. The lowest BCUT2D eigenvalue weighted by Crippen LogP contribution is -2.44. The fourth-order valence-corrected chi connectivity index (χ4v) is 2.10. The minimum atomic E-state index is -0.895. The van der Waals surface area contributed by atoms with E-state index < -0.39 is 11.9 Å². The fraction of sp³-hybridized carbons (Fsp3) is 0.571. The predicted octanol–water partition coefficient (Wildman–Crippen LogP) is 2.02. The van der Waals surface area contributed by atoms with Gasteiger partial charge >= 0.3 is 12.0 Å². The van der Waals surface area contributed by atoms with E-state index in [-0.39, 0.29) is 18.6 Å². The Labute approximate surface area is 118 Å². The molecule has 1 saturated carbocycles. The monoisotopic (exact) mass is 280 g/mol. The third-order valence-electron chi connectivity index (χ3n) is 3.44. The highest BCUT2D eigenvalue weighted by molar-refractivity contribution is 5.76. The van der Waals surface area contributed by atoms with Gasteiger partial charge in [-0.05, 0) is 25.0 Å². The molecule has 1 N–H and O–H groups in total. The van der Waals surface area contributed by atoms with Crippen LogP contribution in [0.25, 0.3) is 0 Å². The van der Waals surface area contributed by atoms with E-state index in [0.29, 0.717) is 6.54 Å². The van der Waals surface area contributed by atoms with E-state index in [0.717, 1.165) is 18.6 Å². The van der Waals surface area contributed by atoms with Gasteiger partial charge in [0, 0.05) is 19.6 Å². The molecule has 0 bridgehead atoms. The molecule has 1 aromatic rings. The number of urea groups is 1. The van der Waals surface area contributed by atoms with Gasteiger partial charge in [-0.15, -0.1) is 0 Å². The smallest absolute Gasteiger partial charge is 0.320 e. The van der Waals surface area contributed by atoms with Gasteiger partial charge in [-0.2, -0.15) is 0 Å². The van der Waals surface area contributed by atoms with Crippen LogP contribution >= 0.6 is 0 Å². The molecular weight excluding hydrogens is 260 g/mol. The van der Waals surface area contributed by atoms with Crippen molar-refractivity contribution in [1.82, 2.24) is 9.80 Å². The molecule has 1 unspecified atom stereocenters. The summed E-state index contributed by atoms with van der Waals surface area (Å²) >= 11 is 0. The number of hydrogen-bond donors (Lipinski definition) is 1. The van der Waals surface area contributed by atoms with Crippen molar-refractivity contribution in [2.75, 3.05) is 13.6 Å². The molecule has 110 valence electrons. The van der Waals surface area contributed by atoms with Crippen molar-refractivity contribution in [3.63, 3.8) is 0 Å². The van der Waals surface area contributed by atoms with Crippen molar-refractivity contribution in [2.24, 2.45) is 5.92 Å². The average Bonchev–Trinajstić information content (AvgIpc) is 3.12. The fourth-order valence-electron chi connectivity index (χ4n) is 2.10. The Morgan fingerprint density at radius 2 is 2.20 bits per heavy atom. The number of carbonyl (C=O) groups is 2. The van der Waals surface area contributed by atoms with Crippen molar-refractivity contribution in [2.45, 2.75) is 32.4 Å². The average molecular weight is 280 g/mol. The lowest BCUT2D eigenvalue weighted by molar-refractivity contribution is -0.141. The van der Waals surface area contributed by atoms with Crippen LogP contribution in [0.3, 0.4) is 0 Å². The molecule has 0 spiro atoms. The van der Waals surface area contributed by atoms with Crippen LogP contribution in [0.2, 0.25) is 0 Å². The minimum Gasteiger partial charge on any atom is -0.481 e. The van der Waals surface area contributed by atoms with Crippen LogP contribution in [0.1, 0.15) is 25.5 Å². The maximum Gasteiger partial charge on any atom is 0.320 e. The first-order chi connectivity index (χ1) is 9.49. The van der Waals surface area contributed by atoms with Crippen molar-refractivity contribution >= 4 is 12.0 Å². The molecular formula is C14H20N2O4. The van der Waals surface area contributed by atoms with E-state index in [1.165, 1.54) is 4.90 Å². The number of rotatable bonds is 6. The number of amides is 2. The van der Waals surface area contributed by atoms with Gasteiger partial charge in [0.25, 0.3) is 0 Å². The molecule has 0 aliphatic heterocycles. The highest BCUT2D eigenvalue weighted by atomic mass is 16.4. The standard InChI is InChI=1S/C14H20N2O4/c1-10(13(17)18)8-15(2)14(19)16(11-5-6-11)9-12-4-3-7-20-12/h3-4,7,10-11H,5-6,8-9H2,1-2H3,(H,17,18). The number of carboxylic acid groups (broad SMARTS) is 1. The molecule has 6 nitrogen and oxygen atoms in total. The largest absolute Gasteiger partial charge is 0.481 e. The number of carboxylic acids is 1. The highest BCUT2D eigenvalue weighted by Gasteiger charge is 2.35. The van der Waals surface area contributed by atoms with E-state index in [2.05, 4.69) is 0 Å². The molecule has 1 heterocycles. The number of furan rings is 1. The van der Waals surface area contributed by atoms with E-state index in [4.69, 9.17) is 9.52 Å². The summed E-state index contributed by atoms with van der Waals surface area (Å²) < 4.78 is 5.28. The third kappa shape index (κ3) is 3.53. The van der Waals surface area contributed by atoms with Crippen LogP contribution in [0, 0.1) is 5.92 Å².